The van der Waals surface area contributed by atoms with Gasteiger partial charge in [0.15, 0.2) is 0 Å². The van der Waals surface area contributed by atoms with Crippen LogP contribution in [0, 0.1) is 5.92 Å². The second kappa shape index (κ2) is 8.52. The third-order valence-corrected chi connectivity index (χ3v) is 8.76. The van der Waals surface area contributed by atoms with E-state index in [9.17, 15) is 26.4 Å². The fourth-order valence-corrected chi connectivity index (χ4v) is 6.69. The molecule has 0 unspecified atom stereocenters. The summed E-state index contributed by atoms with van der Waals surface area (Å²) < 4.78 is 63.0. The number of anilines is 1. The molecule has 30 heavy (non-hydrogen) atoms. The zero-order valence-corrected chi connectivity index (χ0v) is 18.4. The minimum Gasteiger partial charge on any atom is -0.495 e. The van der Waals surface area contributed by atoms with E-state index in [2.05, 4.69) is 0 Å². The normalized spacial score (nSPS) is 20.3. The van der Waals surface area contributed by atoms with Gasteiger partial charge in [0, 0.05) is 19.5 Å². The summed E-state index contributed by atoms with van der Waals surface area (Å²) in [6.45, 7) is 2.20. The van der Waals surface area contributed by atoms with Crippen molar-refractivity contribution in [2.45, 2.75) is 31.1 Å². The molecule has 2 heterocycles. The van der Waals surface area contributed by atoms with Crippen LogP contribution in [-0.2, 0) is 34.4 Å². The smallest absolute Gasteiger partial charge is 0.309 e. The van der Waals surface area contributed by atoms with Crippen LogP contribution in [0.1, 0.15) is 26.2 Å². The van der Waals surface area contributed by atoms with E-state index < -0.39 is 26.0 Å². The summed E-state index contributed by atoms with van der Waals surface area (Å²) in [5.74, 6) is -1.60. The van der Waals surface area contributed by atoms with Gasteiger partial charge in [-0.05, 0) is 38.0 Å². The van der Waals surface area contributed by atoms with Crippen LogP contribution in [0.25, 0.3) is 0 Å². The number of hydrogen-bond donors (Lipinski definition) is 0. The second-order valence-corrected chi connectivity index (χ2v) is 10.8. The molecular weight excluding hydrogens is 436 g/mol. The molecule has 166 valence electrons. The highest BCUT2D eigenvalue weighted by atomic mass is 32.2. The summed E-state index contributed by atoms with van der Waals surface area (Å²) in [6.07, 6.45) is 0.482. The number of nitrogens with zero attached hydrogens (tertiary/aromatic N) is 2. The van der Waals surface area contributed by atoms with Gasteiger partial charge in [0.25, 0.3) is 0 Å². The number of ether oxygens (including phenoxy) is 2. The van der Waals surface area contributed by atoms with Gasteiger partial charge >= 0.3 is 5.97 Å². The fourth-order valence-electron chi connectivity index (χ4n) is 3.59. The maximum absolute atomic E-state index is 13.3. The molecule has 2 saturated heterocycles. The molecule has 0 atom stereocenters. The van der Waals surface area contributed by atoms with Gasteiger partial charge < -0.3 is 9.47 Å². The molecule has 2 fully saturated rings. The summed E-state index contributed by atoms with van der Waals surface area (Å²) in [6, 6.07) is 3.81. The van der Waals surface area contributed by atoms with Crippen molar-refractivity contribution in [1.29, 1.82) is 0 Å². The summed E-state index contributed by atoms with van der Waals surface area (Å²) in [5, 5.41) is 0. The minimum atomic E-state index is -4.05. The Morgan fingerprint density at radius 2 is 1.90 bits per heavy atom. The lowest BCUT2D eigenvalue weighted by atomic mass is 9.98. The molecule has 1 aromatic rings. The van der Waals surface area contributed by atoms with Crippen molar-refractivity contribution in [3.05, 3.63) is 18.2 Å². The van der Waals surface area contributed by atoms with E-state index in [0.29, 0.717) is 17.1 Å². The summed E-state index contributed by atoms with van der Waals surface area (Å²) in [5.41, 5.74) is -0.0433. The number of carbonyl (C=O) groups is 2. The van der Waals surface area contributed by atoms with Crippen LogP contribution >= 0.6 is 0 Å². The number of amides is 1. The average molecular weight is 461 g/mol. The molecule has 10 nitrogen and oxygen atoms in total. The third-order valence-electron chi connectivity index (χ3n) is 5.15. The molecule has 2 aliphatic rings. The van der Waals surface area contributed by atoms with Crippen LogP contribution in [0.15, 0.2) is 23.1 Å². The van der Waals surface area contributed by atoms with E-state index in [4.69, 9.17) is 9.47 Å². The summed E-state index contributed by atoms with van der Waals surface area (Å²) >= 11 is 0. The highest BCUT2D eigenvalue weighted by Gasteiger charge is 2.39. The zero-order chi connectivity index (χ0) is 22.1. The van der Waals surface area contributed by atoms with Crippen LogP contribution in [-0.4, -0.2) is 65.6 Å². The van der Waals surface area contributed by atoms with Crippen LogP contribution in [0.2, 0.25) is 0 Å². The van der Waals surface area contributed by atoms with Gasteiger partial charge in [0.1, 0.15) is 10.6 Å². The van der Waals surface area contributed by atoms with Gasteiger partial charge in [-0.2, -0.15) is 4.31 Å². The third kappa shape index (κ3) is 4.16. The summed E-state index contributed by atoms with van der Waals surface area (Å²) in [7, 11) is -6.58. The lowest BCUT2D eigenvalue weighted by molar-refractivity contribution is -0.149. The Kier molecular flexibility index (Phi) is 6.39. The maximum Gasteiger partial charge on any atom is 0.309 e. The quantitative estimate of drug-likeness (QED) is 0.569. The van der Waals surface area contributed by atoms with Crippen molar-refractivity contribution in [2.75, 3.05) is 36.9 Å². The molecule has 0 bridgehead atoms. The molecule has 1 aromatic carbocycles. The zero-order valence-electron chi connectivity index (χ0n) is 16.7. The maximum atomic E-state index is 13.3. The van der Waals surface area contributed by atoms with Crippen molar-refractivity contribution >= 4 is 37.6 Å². The van der Waals surface area contributed by atoms with Crippen LogP contribution in [0.5, 0.6) is 5.75 Å². The molecule has 0 aromatic heterocycles. The molecule has 12 heteroatoms. The number of hydrogen-bond acceptors (Lipinski definition) is 8. The van der Waals surface area contributed by atoms with E-state index in [1.807, 2.05) is 0 Å². The molecule has 0 radical (unpaired) electrons. The Hall–Kier alpha value is -2.18. The number of carbonyl (C=O) groups excluding carboxylic acids is 2. The number of benzene rings is 1. The number of methoxy groups -OCH3 is 1. The van der Waals surface area contributed by atoms with Gasteiger partial charge in [-0.3, -0.25) is 9.59 Å². The fraction of sp³-hybridized carbons (Fsp3) is 0.556. The van der Waals surface area contributed by atoms with E-state index in [0.717, 1.165) is 6.07 Å². The first kappa shape index (κ1) is 22.5. The molecule has 0 N–H and O–H groups in total. The van der Waals surface area contributed by atoms with Gasteiger partial charge in [-0.25, -0.2) is 21.1 Å². The molecular formula is C18H24N2O8S2. The lowest BCUT2D eigenvalue weighted by Gasteiger charge is -2.30. The number of esters is 1. The topological polar surface area (TPSA) is 127 Å². The predicted molar refractivity (Wildman–Crippen MR) is 107 cm³/mol. The van der Waals surface area contributed by atoms with E-state index in [1.165, 1.54) is 23.5 Å². The van der Waals surface area contributed by atoms with E-state index in [1.54, 1.807) is 6.92 Å². The lowest BCUT2D eigenvalue weighted by Crippen LogP contribution is -2.40. The Balaban J connectivity index is 1.90. The first-order valence-corrected chi connectivity index (χ1v) is 12.6. The number of rotatable bonds is 6. The minimum absolute atomic E-state index is 0.0373. The standard InChI is InChI=1S/C18H24N2O8S2/c1-3-28-18(22)13-6-9-19(10-7-13)30(25,26)16-12-14(4-5-15(16)27-2)20-17(21)8-11-29(20,23)24/h4-5,12-13H,3,6-11H2,1-2H3. The van der Waals surface area contributed by atoms with Crippen molar-refractivity contribution in [2.24, 2.45) is 5.92 Å². The molecule has 0 spiro atoms. The molecule has 2 aliphatic heterocycles. The highest BCUT2D eigenvalue weighted by molar-refractivity contribution is 7.94. The van der Waals surface area contributed by atoms with Crippen LogP contribution < -0.4 is 9.04 Å². The van der Waals surface area contributed by atoms with Crippen LogP contribution in [0.4, 0.5) is 5.69 Å². The Morgan fingerprint density at radius 3 is 2.43 bits per heavy atom. The van der Waals surface area contributed by atoms with Crippen molar-refractivity contribution in [1.82, 2.24) is 4.31 Å². The second-order valence-electron chi connectivity index (χ2n) is 6.99. The number of sulfonamides is 2. The number of piperidine rings is 1. The SMILES string of the molecule is CCOC(=O)C1CCN(S(=O)(=O)c2cc(N3C(=O)CCS3(=O)=O)ccc2OC)CC1. The molecule has 0 saturated carbocycles. The van der Waals surface area contributed by atoms with E-state index >= 15 is 0 Å². The van der Waals surface area contributed by atoms with E-state index in [-0.39, 0.29) is 60.1 Å². The molecule has 3 rings (SSSR count). The van der Waals surface area contributed by atoms with Crippen molar-refractivity contribution in [3.8, 4) is 5.75 Å². The van der Waals surface area contributed by atoms with Gasteiger partial charge in [0.05, 0.1) is 31.1 Å². The first-order valence-electron chi connectivity index (χ1n) is 9.52. The Bertz CT molecular complexity index is 1040. The van der Waals surface area contributed by atoms with Gasteiger partial charge in [-0.1, -0.05) is 0 Å². The first-order chi connectivity index (χ1) is 14.1. The highest BCUT2D eigenvalue weighted by Crippen LogP contribution is 2.35. The molecule has 0 aliphatic carbocycles. The molecule has 1 amide bonds. The van der Waals surface area contributed by atoms with Gasteiger partial charge in [0.2, 0.25) is 26.0 Å². The average Bonchev–Trinajstić information content (AvgIpc) is 3.00. The Labute approximate surface area is 175 Å². The van der Waals surface area contributed by atoms with Crippen molar-refractivity contribution < 1.29 is 35.9 Å². The monoisotopic (exact) mass is 460 g/mol. The largest absolute Gasteiger partial charge is 0.495 e. The Morgan fingerprint density at radius 1 is 1.23 bits per heavy atom. The predicted octanol–water partition coefficient (Wildman–Crippen LogP) is 0.726. The van der Waals surface area contributed by atoms with Gasteiger partial charge in [-0.15, -0.1) is 0 Å². The summed E-state index contributed by atoms with van der Waals surface area (Å²) in [4.78, 5) is 23.7. The van der Waals surface area contributed by atoms with Crippen LogP contribution in [0.3, 0.4) is 0 Å². The van der Waals surface area contributed by atoms with Crippen molar-refractivity contribution in [3.63, 3.8) is 0 Å².